The Labute approximate surface area is 406 Å². The summed E-state index contributed by atoms with van der Waals surface area (Å²) in [6, 6.07) is 97.4. The summed E-state index contributed by atoms with van der Waals surface area (Å²) in [5.74, 6) is 0. The Balaban J connectivity index is 0.978. The van der Waals surface area contributed by atoms with Gasteiger partial charge >= 0.3 is 0 Å². The summed E-state index contributed by atoms with van der Waals surface area (Å²) < 4.78 is 8.64. The van der Waals surface area contributed by atoms with Crippen molar-refractivity contribution in [2.24, 2.45) is 0 Å². The maximum absolute atomic E-state index is 6.22. The summed E-state index contributed by atoms with van der Waals surface area (Å²) in [7, 11) is 0. The van der Waals surface area contributed by atoms with Crippen molar-refractivity contribution in [2.45, 2.75) is 5.41 Å². The molecular formula is C67H44N2O. The lowest BCUT2D eigenvalue weighted by Crippen LogP contribution is -2.28. The molecule has 0 spiro atoms. The first-order valence-electron chi connectivity index (χ1n) is 24.1. The Kier molecular flexibility index (Phi) is 9.11. The zero-order valence-corrected chi connectivity index (χ0v) is 38.2. The molecule has 0 atom stereocenters. The van der Waals surface area contributed by atoms with E-state index in [0.29, 0.717) is 0 Å². The van der Waals surface area contributed by atoms with Crippen LogP contribution < -0.4 is 4.90 Å². The van der Waals surface area contributed by atoms with Gasteiger partial charge in [0.15, 0.2) is 0 Å². The van der Waals surface area contributed by atoms with Crippen LogP contribution in [0.2, 0.25) is 0 Å². The van der Waals surface area contributed by atoms with Crippen LogP contribution in [0.1, 0.15) is 22.3 Å². The van der Waals surface area contributed by atoms with Gasteiger partial charge in [-0.1, -0.05) is 188 Å². The molecule has 3 nitrogen and oxygen atoms in total. The third kappa shape index (κ3) is 6.15. The van der Waals surface area contributed by atoms with Gasteiger partial charge < -0.3 is 13.9 Å². The number of aromatic nitrogens is 1. The molecule has 0 unspecified atom stereocenters. The molecule has 0 saturated heterocycles. The van der Waals surface area contributed by atoms with Gasteiger partial charge in [-0.05, 0) is 134 Å². The molecule has 0 bridgehead atoms. The highest BCUT2D eigenvalue weighted by molar-refractivity contribution is 6.12. The first-order chi connectivity index (χ1) is 34.7. The average molecular weight is 893 g/mol. The second-order valence-corrected chi connectivity index (χ2v) is 18.4. The number of anilines is 3. The summed E-state index contributed by atoms with van der Waals surface area (Å²) in [6.07, 6.45) is 0. The number of furan rings is 1. The molecule has 11 aromatic carbocycles. The third-order valence-electron chi connectivity index (χ3n) is 14.7. The Morgan fingerprint density at radius 3 is 1.61 bits per heavy atom. The number of para-hydroxylation sites is 2. The summed E-state index contributed by atoms with van der Waals surface area (Å²) in [5.41, 5.74) is 20.2. The van der Waals surface area contributed by atoms with Crippen LogP contribution in [0, 0.1) is 0 Å². The summed E-state index contributed by atoms with van der Waals surface area (Å²) in [4.78, 5) is 2.44. The van der Waals surface area contributed by atoms with Crippen molar-refractivity contribution < 1.29 is 4.42 Å². The van der Waals surface area contributed by atoms with E-state index < -0.39 is 5.41 Å². The molecule has 1 aliphatic rings. The highest BCUT2D eigenvalue weighted by atomic mass is 16.3. The quantitative estimate of drug-likeness (QED) is 0.152. The standard InChI is InChI=1S/C67H44N2O/c1-5-17-45(18-6-1)46-29-33-52(34-30-46)68(53-36-38-62-58(43-53)55-25-13-15-27-61(55)67(62,49-19-7-2-8-20-49)50-21-9-3-10-22-50)54-35-37-56-59-41-47(31-39-63(59)69(64(56)44-54)51-23-11-4-12-24-51)48-32-40-66-60(42-48)57-26-14-16-28-65(57)70-66/h1-44H. The topological polar surface area (TPSA) is 21.3 Å². The first-order valence-corrected chi connectivity index (χ1v) is 24.1. The van der Waals surface area contributed by atoms with Gasteiger partial charge in [-0.2, -0.15) is 0 Å². The van der Waals surface area contributed by atoms with E-state index in [2.05, 4.69) is 264 Å². The first kappa shape index (κ1) is 39.9. The second-order valence-electron chi connectivity index (χ2n) is 18.4. The van der Waals surface area contributed by atoms with Crippen LogP contribution in [-0.2, 0) is 5.41 Å². The van der Waals surface area contributed by atoms with Crippen LogP contribution in [-0.4, -0.2) is 4.57 Å². The van der Waals surface area contributed by atoms with E-state index in [-0.39, 0.29) is 0 Å². The van der Waals surface area contributed by atoms with Crippen molar-refractivity contribution in [2.75, 3.05) is 4.90 Å². The van der Waals surface area contributed by atoms with Gasteiger partial charge in [0.05, 0.1) is 16.4 Å². The fourth-order valence-electron chi connectivity index (χ4n) is 11.5. The fraction of sp³-hybridized carbons (Fsp3) is 0.0149. The van der Waals surface area contributed by atoms with Gasteiger partial charge in [0, 0.05) is 44.3 Å². The number of hydrogen-bond acceptors (Lipinski definition) is 2. The molecular weight excluding hydrogens is 849 g/mol. The highest BCUT2D eigenvalue weighted by Gasteiger charge is 2.46. The van der Waals surface area contributed by atoms with Crippen LogP contribution in [0.4, 0.5) is 17.1 Å². The predicted molar refractivity (Wildman–Crippen MR) is 291 cm³/mol. The predicted octanol–water partition coefficient (Wildman–Crippen LogP) is 17.8. The molecule has 2 aromatic heterocycles. The number of nitrogens with zero attached hydrogens (tertiary/aromatic N) is 2. The summed E-state index contributed by atoms with van der Waals surface area (Å²) in [6.45, 7) is 0. The number of fused-ring (bicyclic) bond motifs is 9. The second kappa shape index (κ2) is 16.0. The zero-order valence-electron chi connectivity index (χ0n) is 38.2. The number of benzene rings is 11. The molecule has 1 aliphatic carbocycles. The fourth-order valence-corrected chi connectivity index (χ4v) is 11.5. The molecule has 0 N–H and O–H groups in total. The molecule has 0 saturated carbocycles. The minimum Gasteiger partial charge on any atom is -0.456 e. The highest BCUT2D eigenvalue weighted by Crippen LogP contribution is 2.57. The Morgan fingerprint density at radius 1 is 0.314 bits per heavy atom. The van der Waals surface area contributed by atoms with Crippen molar-refractivity contribution in [3.05, 3.63) is 289 Å². The Hall–Kier alpha value is -9.18. The molecule has 328 valence electrons. The maximum atomic E-state index is 6.22. The lowest BCUT2D eigenvalue weighted by atomic mass is 9.68. The largest absolute Gasteiger partial charge is 0.456 e. The minimum absolute atomic E-state index is 0.485. The van der Waals surface area contributed by atoms with Crippen molar-refractivity contribution in [3.8, 4) is 39.1 Å². The lowest BCUT2D eigenvalue weighted by molar-refractivity contribution is 0.669. The van der Waals surface area contributed by atoms with Gasteiger partial charge in [0.2, 0.25) is 0 Å². The monoisotopic (exact) mass is 892 g/mol. The minimum atomic E-state index is -0.485. The van der Waals surface area contributed by atoms with Crippen LogP contribution in [0.25, 0.3) is 82.8 Å². The molecule has 0 fully saturated rings. The molecule has 14 rings (SSSR count). The molecule has 0 aliphatic heterocycles. The Morgan fingerprint density at radius 2 is 0.857 bits per heavy atom. The summed E-state index contributed by atoms with van der Waals surface area (Å²) in [5, 5.41) is 4.65. The molecule has 0 amide bonds. The maximum Gasteiger partial charge on any atom is 0.135 e. The van der Waals surface area contributed by atoms with Crippen molar-refractivity contribution in [1.29, 1.82) is 0 Å². The van der Waals surface area contributed by atoms with E-state index in [0.717, 1.165) is 66.8 Å². The Bertz CT molecular complexity index is 4060. The van der Waals surface area contributed by atoms with E-state index in [9.17, 15) is 0 Å². The number of hydrogen-bond donors (Lipinski definition) is 0. The lowest BCUT2D eigenvalue weighted by Gasteiger charge is -2.34. The van der Waals surface area contributed by atoms with E-state index in [1.165, 1.54) is 55.3 Å². The molecule has 0 radical (unpaired) electrons. The van der Waals surface area contributed by atoms with Crippen molar-refractivity contribution >= 4 is 60.8 Å². The molecule has 70 heavy (non-hydrogen) atoms. The molecule has 13 aromatic rings. The van der Waals surface area contributed by atoms with E-state index in [1.807, 2.05) is 12.1 Å². The third-order valence-corrected chi connectivity index (χ3v) is 14.7. The van der Waals surface area contributed by atoms with Gasteiger partial charge in [-0.3, -0.25) is 0 Å². The van der Waals surface area contributed by atoms with Crippen LogP contribution in [0.5, 0.6) is 0 Å². The number of rotatable bonds is 8. The van der Waals surface area contributed by atoms with Crippen LogP contribution in [0.15, 0.2) is 271 Å². The van der Waals surface area contributed by atoms with Crippen LogP contribution in [0.3, 0.4) is 0 Å². The molecule has 3 heteroatoms. The van der Waals surface area contributed by atoms with E-state index in [4.69, 9.17) is 4.42 Å². The van der Waals surface area contributed by atoms with Crippen LogP contribution >= 0.6 is 0 Å². The zero-order chi connectivity index (χ0) is 46.2. The van der Waals surface area contributed by atoms with E-state index in [1.54, 1.807) is 0 Å². The normalized spacial score (nSPS) is 12.7. The van der Waals surface area contributed by atoms with Gasteiger partial charge in [0.25, 0.3) is 0 Å². The summed E-state index contributed by atoms with van der Waals surface area (Å²) >= 11 is 0. The van der Waals surface area contributed by atoms with Crippen molar-refractivity contribution in [3.63, 3.8) is 0 Å². The smallest absolute Gasteiger partial charge is 0.135 e. The SMILES string of the molecule is c1ccc(-c2ccc(N(c3ccc4c(c3)-c3ccccc3C4(c3ccccc3)c3ccccc3)c3ccc4c5cc(-c6ccc7oc8ccccc8c7c6)ccc5n(-c5ccccc5)c4c3)cc2)cc1. The molecule has 2 heterocycles. The van der Waals surface area contributed by atoms with E-state index >= 15 is 0 Å². The average Bonchev–Trinajstić information content (AvgIpc) is 4.07. The van der Waals surface area contributed by atoms with Gasteiger partial charge in [0.1, 0.15) is 11.2 Å². The van der Waals surface area contributed by atoms with Gasteiger partial charge in [-0.25, -0.2) is 0 Å². The van der Waals surface area contributed by atoms with Crippen molar-refractivity contribution in [1.82, 2.24) is 4.57 Å². The van der Waals surface area contributed by atoms with Gasteiger partial charge in [-0.15, -0.1) is 0 Å².